The first-order chi connectivity index (χ1) is 9.63. The van der Waals surface area contributed by atoms with Gasteiger partial charge in [-0.05, 0) is 91.0 Å². The van der Waals surface area contributed by atoms with Crippen molar-refractivity contribution >= 4 is 28.5 Å². The molecule has 0 radical (unpaired) electrons. The maximum Gasteiger partial charge on any atom is 0.252 e. The highest BCUT2D eigenvalue weighted by molar-refractivity contribution is 14.1. The summed E-state index contributed by atoms with van der Waals surface area (Å²) in [4.78, 5) is 12.6. The van der Waals surface area contributed by atoms with Crippen LogP contribution in [0.5, 0.6) is 0 Å². The highest BCUT2D eigenvalue weighted by Crippen LogP contribution is 2.55. The number of rotatable bonds is 2. The minimum absolute atomic E-state index is 0.116. The number of benzene rings is 1. The molecule has 106 valence electrons. The van der Waals surface area contributed by atoms with Crippen LogP contribution < -0.4 is 5.32 Å². The Morgan fingerprint density at radius 1 is 1.05 bits per heavy atom. The van der Waals surface area contributed by atoms with Crippen LogP contribution in [-0.4, -0.2) is 11.4 Å². The molecule has 0 saturated heterocycles. The predicted molar refractivity (Wildman–Crippen MR) is 87.5 cm³/mol. The maximum absolute atomic E-state index is 12.6. The Morgan fingerprint density at radius 3 is 2.15 bits per heavy atom. The molecule has 1 aromatic rings. The smallest absolute Gasteiger partial charge is 0.252 e. The van der Waals surface area contributed by atoms with Gasteiger partial charge in [-0.2, -0.15) is 0 Å². The number of hydrogen-bond acceptors (Lipinski definition) is 1. The molecule has 2 nitrogen and oxygen atoms in total. The van der Waals surface area contributed by atoms with E-state index in [0.29, 0.717) is 0 Å². The summed E-state index contributed by atoms with van der Waals surface area (Å²) in [7, 11) is 0. The first-order valence-corrected chi connectivity index (χ1v) is 8.78. The second kappa shape index (κ2) is 4.72. The number of amides is 1. The van der Waals surface area contributed by atoms with E-state index in [0.717, 1.165) is 26.9 Å². The van der Waals surface area contributed by atoms with Gasteiger partial charge in [-0.25, -0.2) is 0 Å². The van der Waals surface area contributed by atoms with Gasteiger partial charge in [0.2, 0.25) is 0 Å². The molecular formula is C17H20INO. The van der Waals surface area contributed by atoms with Crippen LogP contribution in [0.1, 0.15) is 48.9 Å². The zero-order chi connectivity index (χ0) is 13.7. The molecule has 4 aliphatic rings. The third-order valence-corrected chi connectivity index (χ3v) is 6.48. The number of hydrogen-bond donors (Lipinski definition) is 1. The Hall–Kier alpha value is -0.580. The van der Waals surface area contributed by atoms with Gasteiger partial charge in [0.05, 0.1) is 5.56 Å². The van der Waals surface area contributed by atoms with E-state index in [1.165, 1.54) is 38.5 Å². The second-order valence-electron chi connectivity index (χ2n) is 7.13. The molecule has 4 bridgehead atoms. The molecule has 0 aliphatic heterocycles. The van der Waals surface area contributed by atoms with E-state index >= 15 is 0 Å². The van der Waals surface area contributed by atoms with Gasteiger partial charge in [-0.3, -0.25) is 4.79 Å². The van der Waals surface area contributed by atoms with Crippen molar-refractivity contribution in [3.63, 3.8) is 0 Å². The number of carbonyl (C=O) groups is 1. The minimum atomic E-state index is 0.116. The predicted octanol–water partition coefficient (Wildman–Crippen LogP) is 3.99. The van der Waals surface area contributed by atoms with Gasteiger partial charge < -0.3 is 5.32 Å². The van der Waals surface area contributed by atoms with Gasteiger partial charge in [0.15, 0.2) is 0 Å². The van der Waals surface area contributed by atoms with Gasteiger partial charge in [0.25, 0.3) is 5.91 Å². The SMILES string of the molecule is O=C(NC12CC3CC(CC(C3)C1)C2)c1ccccc1I. The maximum atomic E-state index is 12.6. The monoisotopic (exact) mass is 381 g/mol. The summed E-state index contributed by atoms with van der Waals surface area (Å²) >= 11 is 2.26. The first kappa shape index (κ1) is 13.1. The molecular weight excluding hydrogens is 361 g/mol. The molecule has 20 heavy (non-hydrogen) atoms. The quantitative estimate of drug-likeness (QED) is 0.772. The summed E-state index contributed by atoms with van der Waals surface area (Å²) in [6.45, 7) is 0. The Morgan fingerprint density at radius 2 is 1.60 bits per heavy atom. The Bertz CT molecular complexity index is 518. The van der Waals surface area contributed by atoms with Crippen LogP contribution in [0.25, 0.3) is 0 Å². The van der Waals surface area contributed by atoms with Gasteiger partial charge >= 0.3 is 0 Å². The van der Waals surface area contributed by atoms with Crippen molar-refractivity contribution in [1.29, 1.82) is 0 Å². The fourth-order valence-electron chi connectivity index (χ4n) is 5.22. The zero-order valence-corrected chi connectivity index (χ0v) is 13.7. The molecule has 5 rings (SSSR count). The van der Waals surface area contributed by atoms with E-state index in [1.54, 1.807) is 0 Å². The van der Waals surface area contributed by atoms with Gasteiger partial charge in [-0.1, -0.05) is 12.1 Å². The van der Waals surface area contributed by atoms with Crippen LogP contribution in [0, 0.1) is 21.3 Å². The summed E-state index contributed by atoms with van der Waals surface area (Å²) < 4.78 is 1.05. The molecule has 0 unspecified atom stereocenters. The lowest BCUT2D eigenvalue weighted by molar-refractivity contribution is -0.0167. The van der Waals surface area contributed by atoms with Crippen molar-refractivity contribution in [1.82, 2.24) is 5.32 Å². The molecule has 3 heteroatoms. The Kier molecular flexibility index (Phi) is 3.09. The van der Waals surface area contributed by atoms with Crippen molar-refractivity contribution < 1.29 is 4.79 Å². The third-order valence-electron chi connectivity index (χ3n) is 5.54. The number of carbonyl (C=O) groups excluding carboxylic acids is 1. The van der Waals surface area contributed by atoms with Crippen LogP contribution in [0.4, 0.5) is 0 Å². The van der Waals surface area contributed by atoms with Crippen molar-refractivity contribution in [3.8, 4) is 0 Å². The molecule has 0 heterocycles. The average molecular weight is 381 g/mol. The van der Waals surface area contributed by atoms with Crippen LogP contribution in [0.3, 0.4) is 0 Å². The molecule has 4 fully saturated rings. The van der Waals surface area contributed by atoms with Crippen LogP contribution in [0.15, 0.2) is 24.3 Å². The summed E-state index contributed by atoms with van der Waals surface area (Å²) in [5.41, 5.74) is 0.953. The lowest BCUT2D eigenvalue weighted by atomic mass is 9.53. The fourth-order valence-corrected chi connectivity index (χ4v) is 5.85. The molecule has 0 atom stereocenters. The van der Waals surface area contributed by atoms with E-state index in [1.807, 2.05) is 24.3 Å². The standard InChI is InChI=1S/C17H20INO/c18-15-4-2-1-3-14(15)16(20)19-17-8-11-5-12(9-17)7-13(6-11)10-17/h1-4,11-13H,5-10H2,(H,19,20). The minimum Gasteiger partial charge on any atom is -0.347 e. The van der Waals surface area contributed by atoms with Gasteiger partial charge in [0.1, 0.15) is 0 Å². The van der Waals surface area contributed by atoms with E-state index < -0.39 is 0 Å². The van der Waals surface area contributed by atoms with Crippen LogP contribution in [0.2, 0.25) is 0 Å². The molecule has 4 saturated carbocycles. The molecule has 1 amide bonds. The normalized spacial score (nSPS) is 38.0. The lowest BCUT2D eigenvalue weighted by Crippen LogP contribution is -2.59. The van der Waals surface area contributed by atoms with Crippen molar-refractivity contribution in [2.24, 2.45) is 17.8 Å². The Balaban J connectivity index is 1.57. The molecule has 4 aliphatic carbocycles. The summed E-state index contributed by atoms with van der Waals surface area (Å²) in [5, 5.41) is 3.44. The molecule has 1 aromatic carbocycles. The lowest BCUT2D eigenvalue weighted by Gasteiger charge is -2.56. The topological polar surface area (TPSA) is 29.1 Å². The number of halogens is 1. The third kappa shape index (κ3) is 2.18. The fraction of sp³-hybridized carbons (Fsp3) is 0.588. The summed E-state index contributed by atoms with van der Waals surface area (Å²) in [5.74, 6) is 2.75. The van der Waals surface area contributed by atoms with Crippen molar-refractivity contribution in [3.05, 3.63) is 33.4 Å². The largest absolute Gasteiger partial charge is 0.347 e. The molecule has 0 aromatic heterocycles. The van der Waals surface area contributed by atoms with Crippen LogP contribution >= 0.6 is 22.6 Å². The van der Waals surface area contributed by atoms with Gasteiger partial charge in [0, 0.05) is 9.11 Å². The molecule has 1 N–H and O–H groups in total. The average Bonchev–Trinajstić information content (AvgIpc) is 2.36. The van der Waals surface area contributed by atoms with Crippen molar-refractivity contribution in [2.45, 2.75) is 44.1 Å². The second-order valence-corrected chi connectivity index (χ2v) is 8.29. The van der Waals surface area contributed by atoms with E-state index in [9.17, 15) is 4.79 Å². The first-order valence-electron chi connectivity index (χ1n) is 7.71. The van der Waals surface area contributed by atoms with Crippen molar-refractivity contribution in [2.75, 3.05) is 0 Å². The van der Waals surface area contributed by atoms with Gasteiger partial charge in [-0.15, -0.1) is 0 Å². The number of nitrogens with one attached hydrogen (secondary N) is 1. The molecule has 0 spiro atoms. The summed E-state index contributed by atoms with van der Waals surface area (Å²) in [6.07, 6.45) is 7.89. The van der Waals surface area contributed by atoms with E-state index in [-0.39, 0.29) is 11.4 Å². The van der Waals surface area contributed by atoms with E-state index in [2.05, 4.69) is 27.9 Å². The van der Waals surface area contributed by atoms with Crippen LogP contribution in [-0.2, 0) is 0 Å². The zero-order valence-electron chi connectivity index (χ0n) is 11.6. The highest BCUT2D eigenvalue weighted by atomic mass is 127. The Labute approximate surface area is 133 Å². The van der Waals surface area contributed by atoms with E-state index in [4.69, 9.17) is 0 Å². The summed E-state index contributed by atoms with van der Waals surface area (Å²) in [6, 6.07) is 7.90. The highest BCUT2D eigenvalue weighted by Gasteiger charge is 2.51.